The summed E-state index contributed by atoms with van der Waals surface area (Å²) in [6.45, 7) is 1.32. The van der Waals surface area contributed by atoms with Gasteiger partial charge in [-0.15, -0.1) is 0 Å². The van der Waals surface area contributed by atoms with Gasteiger partial charge in [0.2, 0.25) is 6.10 Å². The standard InChI is InChI=1S/C8H12O7/c1-4(10)14-6(3-9)7(8(12)13)15-5(2)11/h6-7,9H,3H2,1-2H3,(H,12,13)/t6-,7+/m0/s1. The van der Waals surface area contributed by atoms with E-state index in [2.05, 4.69) is 9.47 Å². The number of aliphatic hydroxyl groups is 1. The van der Waals surface area contributed by atoms with E-state index in [0.717, 1.165) is 13.8 Å². The molecule has 0 fully saturated rings. The average molecular weight is 220 g/mol. The fraction of sp³-hybridized carbons (Fsp3) is 0.625. The van der Waals surface area contributed by atoms with Crippen molar-refractivity contribution in [2.45, 2.75) is 26.1 Å². The molecule has 0 aliphatic heterocycles. The van der Waals surface area contributed by atoms with Crippen molar-refractivity contribution in [1.29, 1.82) is 0 Å². The van der Waals surface area contributed by atoms with E-state index >= 15 is 0 Å². The lowest BCUT2D eigenvalue weighted by molar-refractivity contribution is -0.180. The summed E-state index contributed by atoms with van der Waals surface area (Å²) in [6.07, 6.45) is -3.10. The number of hydrogen-bond donors (Lipinski definition) is 2. The van der Waals surface area contributed by atoms with Gasteiger partial charge in [-0.25, -0.2) is 4.79 Å². The zero-order valence-electron chi connectivity index (χ0n) is 8.30. The molecule has 0 saturated heterocycles. The highest BCUT2D eigenvalue weighted by atomic mass is 16.6. The minimum absolute atomic E-state index is 0.746. The fourth-order valence-corrected chi connectivity index (χ4v) is 0.872. The van der Waals surface area contributed by atoms with E-state index in [1.807, 2.05) is 0 Å². The predicted octanol–water partition coefficient (Wildman–Crippen LogP) is -1.07. The highest BCUT2D eigenvalue weighted by Crippen LogP contribution is 2.05. The van der Waals surface area contributed by atoms with Crippen LogP contribution < -0.4 is 0 Å². The van der Waals surface area contributed by atoms with Crippen molar-refractivity contribution in [3.8, 4) is 0 Å². The molecular formula is C8H12O7. The Morgan fingerprint density at radius 2 is 1.60 bits per heavy atom. The van der Waals surface area contributed by atoms with Gasteiger partial charge in [-0.3, -0.25) is 9.59 Å². The van der Waals surface area contributed by atoms with Crippen LogP contribution in [-0.4, -0.2) is 46.9 Å². The number of rotatable bonds is 5. The number of carboxylic acids is 1. The van der Waals surface area contributed by atoms with E-state index in [4.69, 9.17) is 10.2 Å². The molecule has 2 N–H and O–H groups in total. The second kappa shape index (κ2) is 5.97. The van der Waals surface area contributed by atoms with Crippen LogP contribution in [0.3, 0.4) is 0 Å². The number of esters is 2. The molecule has 0 aromatic carbocycles. The van der Waals surface area contributed by atoms with E-state index in [1.54, 1.807) is 0 Å². The molecule has 0 radical (unpaired) electrons. The first-order valence-corrected chi connectivity index (χ1v) is 4.06. The van der Waals surface area contributed by atoms with Crippen molar-refractivity contribution in [2.24, 2.45) is 0 Å². The number of carboxylic acid groups (broad SMARTS) is 1. The maximum Gasteiger partial charge on any atom is 0.349 e. The lowest BCUT2D eigenvalue weighted by Crippen LogP contribution is -2.42. The Morgan fingerprint density at radius 3 is 1.87 bits per heavy atom. The summed E-state index contributed by atoms with van der Waals surface area (Å²) < 4.78 is 8.87. The molecule has 86 valence electrons. The topological polar surface area (TPSA) is 110 Å². The van der Waals surface area contributed by atoms with E-state index in [-0.39, 0.29) is 0 Å². The Labute approximate surface area is 85.6 Å². The third-order valence-electron chi connectivity index (χ3n) is 1.37. The van der Waals surface area contributed by atoms with Gasteiger partial charge in [0.1, 0.15) is 0 Å². The Morgan fingerprint density at radius 1 is 1.13 bits per heavy atom. The SMILES string of the molecule is CC(=O)O[C@@H](CO)[C@@H](OC(C)=O)C(=O)O. The summed E-state index contributed by atoms with van der Waals surface area (Å²) >= 11 is 0. The Balaban J connectivity index is 4.61. The van der Waals surface area contributed by atoms with Crippen LogP contribution in [-0.2, 0) is 23.9 Å². The van der Waals surface area contributed by atoms with E-state index in [1.165, 1.54) is 0 Å². The number of ether oxygens (including phenoxy) is 2. The van der Waals surface area contributed by atoms with Gasteiger partial charge in [-0.1, -0.05) is 0 Å². The molecule has 7 heteroatoms. The Hall–Kier alpha value is -1.63. The maximum atomic E-state index is 10.6. The van der Waals surface area contributed by atoms with Crippen molar-refractivity contribution in [2.75, 3.05) is 6.61 Å². The molecule has 0 saturated carbocycles. The molecule has 2 atom stereocenters. The van der Waals surface area contributed by atoms with E-state index < -0.39 is 36.7 Å². The smallest absolute Gasteiger partial charge is 0.349 e. The van der Waals surface area contributed by atoms with Crippen LogP contribution in [0.15, 0.2) is 0 Å². The summed E-state index contributed by atoms with van der Waals surface area (Å²) in [5.41, 5.74) is 0. The van der Waals surface area contributed by atoms with E-state index in [9.17, 15) is 14.4 Å². The van der Waals surface area contributed by atoms with Crippen molar-refractivity contribution < 1.29 is 34.1 Å². The molecule has 15 heavy (non-hydrogen) atoms. The lowest BCUT2D eigenvalue weighted by Gasteiger charge is -2.20. The summed E-state index contributed by atoms with van der Waals surface area (Å²) in [7, 11) is 0. The number of hydrogen-bond acceptors (Lipinski definition) is 6. The van der Waals surface area contributed by atoms with Crippen LogP contribution in [0.4, 0.5) is 0 Å². The number of carbonyl (C=O) groups excluding carboxylic acids is 2. The minimum Gasteiger partial charge on any atom is -0.478 e. The highest BCUT2D eigenvalue weighted by Gasteiger charge is 2.33. The molecular weight excluding hydrogens is 208 g/mol. The second-order valence-electron chi connectivity index (χ2n) is 2.70. The van der Waals surface area contributed by atoms with Crippen molar-refractivity contribution in [3.05, 3.63) is 0 Å². The monoisotopic (exact) mass is 220 g/mol. The van der Waals surface area contributed by atoms with Gasteiger partial charge in [-0.05, 0) is 0 Å². The van der Waals surface area contributed by atoms with Gasteiger partial charge in [0.05, 0.1) is 6.61 Å². The number of aliphatic carboxylic acids is 1. The molecule has 0 aliphatic rings. The zero-order valence-corrected chi connectivity index (χ0v) is 8.30. The number of carbonyl (C=O) groups is 3. The largest absolute Gasteiger partial charge is 0.478 e. The molecule has 0 spiro atoms. The fourth-order valence-electron chi connectivity index (χ4n) is 0.872. The Kier molecular flexibility index (Phi) is 5.32. The quantitative estimate of drug-likeness (QED) is 0.567. The summed E-state index contributed by atoms with van der Waals surface area (Å²) in [5, 5.41) is 17.4. The van der Waals surface area contributed by atoms with Gasteiger partial charge < -0.3 is 19.7 Å². The van der Waals surface area contributed by atoms with E-state index in [0.29, 0.717) is 0 Å². The first-order chi connectivity index (χ1) is 6.88. The average Bonchev–Trinajstić information content (AvgIpc) is 2.09. The lowest BCUT2D eigenvalue weighted by atomic mass is 10.2. The van der Waals surface area contributed by atoms with Crippen LogP contribution in [0.1, 0.15) is 13.8 Å². The summed E-state index contributed by atoms with van der Waals surface area (Å²) in [5.74, 6) is -3.11. The van der Waals surface area contributed by atoms with Crippen LogP contribution in [0.25, 0.3) is 0 Å². The van der Waals surface area contributed by atoms with Crippen LogP contribution >= 0.6 is 0 Å². The van der Waals surface area contributed by atoms with Crippen LogP contribution in [0.2, 0.25) is 0 Å². The van der Waals surface area contributed by atoms with Crippen molar-refractivity contribution in [1.82, 2.24) is 0 Å². The van der Waals surface area contributed by atoms with Gasteiger partial charge in [0, 0.05) is 13.8 Å². The highest BCUT2D eigenvalue weighted by molar-refractivity contribution is 5.78. The third kappa shape index (κ3) is 4.96. The van der Waals surface area contributed by atoms with Gasteiger partial charge in [-0.2, -0.15) is 0 Å². The molecule has 0 bridgehead atoms. The summed E-state index contributed by atoms with van der Waals surface area (Å²) in [6, 6.07) is 0. The predicted molar refractivity (Wildman–Crippen MR) is 45.8 cm³/mol. The van der Waals surface area contributed by atoms with Gasteiger partial charge >= 0.3 is 17.9 Å². The van der Waals surface area contributed by atoms with Gasteiger partial charge in [0.15, 0.2) is 6.10 Å². The zero-order chi connectivity index (χ0) is 12.0. The molecule has 7 nitrogen and oxygen atoms in total. The maximum absolute atomic E-state index is 10.6. The molecule has 0 aromatic heterocycles. The first-order valence-electron chi connectivity index (χ1n) is 4.06. The van der Waals surface area contributed by atoms with Gasteiger partial charge in [0.25, 0.3) is 0 Å². The molecule has 0 heterocycles. The normalized spacial score (nSPS) is 13.8. The molecule has 0 aliphatic carbocycles. The number of aliphatic hydroxyl groups excluding tert-OH is 1. The van der Waals surface area contributed by atoms with Crippen molar-refractivity contribution in [3.63, 3.8) is 0 Å². The van der Waals surface area contributed by atoms with Crippen LogP contribution in [0.5, 0.6) is 0 Å². The summed E-state index contributed by atoms with van der Waals surface area (Å²) in [4.78, 5) is 31.8. The first kappa shape index (κ1) is 13.4. The molecule has 0 amide bonds. The second-order valence-corrected chi connectivity index (χ2v) is 2.70. The van der Waals surface area contributed by atoms with Crippen molar-refractivity contribution >= 4 is 17.9 Å². The molecule has 0 rings (SSSR count). The third-order valence-corrected chi connectivity index (χ3v) is 1.37. The molecule has 0 unspecified atom stereocenters. The Bertz CT molecular complexity index is 260. The van der Waals surface area contributed by atoms with Crippen LogP contribution in [0, 0.1) is 0 Å². The molecule has 0 aromatic rings. The minimum atomic E-state index is -1.70.